The maximum Gasteiger partial charge on any atom is 0.357 e. The fourth-order valence-corrected chi connectivity index (χ4v) is 3.00. The van der Waals surface area contributed by atoms with Crippen molar-refractivity contribution in [3.8, 4) is 0 Å². The van der Waals surface area contributed by atoms with Gasteiger partial charge in [0.2, 0.25) is 0 Å². The number of carbonyl (C=O) groups is 1. The molecule has 0 saturated carbocycles. The van der Waals surface area contributed by atoms with E-state index in [-0.39, 0.29) is 5.69 Å². The molecule has 2 aromatic carbocycles. The Kier molecular flexibility index (Phi) is 3.43. The van der Waals surface area contributed by atoms with Crippen molar-refractivity contribution in [1.29, 1.82) is 0 Å². The summed E-state index contributed by atoms with van der Waals surface area (Å²) in [5.41, 5.74) is 2.71. The standard InChI is InChI=1S/C18H12ClN3O2/c19-13-8-12-7-11(5-6-15(12)20-9-13)10-22-16-4-2-1-3-14(16)17(21-22)18(23)24/h1-9H,10H2,(H,23,24). The van der Waals surface area contributed by atoms with Crippen molar-refractivity contribution < 1.29 is 9.90 Å². The highest BCUT2D eigenvalue weighted by Gasteiger charge is 2.15. The first-order valence-electron chi connectivity index (χ1n) is 7.35. The van der Waals surface area contributed by atoms with Gasteiger partial charge >= 0.3 is 5.97 Å². The third-order valence-corrected chi connectivity index (χ3v) is 4.11. The predicted molar refractivity (Wildman–Crippen MR) is 92.5 cm³/mol. The summed E-state index contributed by atoms with van der Waals surface area (Å²) in [6.45, 7) is 0.468. The first-order chi connectivity index (χ1) is 11.6. The van der Waals surface area contributed by atoms with Crippen molar-refractivity contribution in [3.05, 3.63) is 71.0 Å². The number of halogens is 1. The van der Waals surface area contributed by atoms with E-state index in [9.17, 15) is 9.90 Å². The van der Waals surface area contributed by atoms with Crippen molar-refractivity contribution in [2.24, 2.45) is 0 Å². The Morgan fingerprint density at radius 1 is 1.17 bits per heavy atom. The Bertz CT molecular complexity index is 1090. The van der Waals surface area contributed by atoms with Crippen LogP contribution in [0.4, 0.5) is 0 Å². The van der Waals surface area contributed by atoms with E-state index in [0.29, 0.717) is 17.0 Å². The zero-order chi connectivity index (χ0) is 16.7. The van der Waals surface area contributed by atoms with E-state index < -0.39 is 5.97 Å². The van der Waals surface area contributed by atoms with Crippen LogP contribution in [0, 0.1) is 0 Å². The van der Waals surface area contributed by atoms with Gasteiger partial charge in [0.1, 0.15) is 0 Å². The summed E-state index contributed by atoms with van der Waals surface area (Å²) in [6.07, 6.45) is 1.61. The number of rotatable bonds is 3. The summed E-state index contributed by atoms with van der Waals surface area (Å²) in [5.74, 6) is -1.03. The van der Waals surface area contributed by atoms with Crippen molar-refractivity contribution in [2.45, 2.75) is 6.54 Å². The smallest absolute Gasteiger partial charge is 0.357 e. The second-order valence-electron chi connectivity index (χ2n) is 5.51. The van der Waals surface area contributed by atoms with Gasteiger partial charge in [0.25, 0.3) is 0 Å². The molecule has 2 heterocycles. The number of carboxylic acids is 1. The molecule has 0 spiro atoms. The first kappa shape index (κ1) is 14.7. The van der Waals surface area contributed by atoms with Gasteiger partial charge < -0.3 is 5.11 Å². The van der Waals surface area contributed by atoms with Crippen LogP contribution in [0.1, 0.15) is 16.1 Å². The first-order valence-corrected chi connectivity index (χ1v) is 7.72. The number of aromatic carboxylic acids is 1. The third-order valence-electron chi connectivity index (χ3n) is 3.91. The largest absolute Gasteiger partial charge is 0.476 e. The molecule has 5 nitrogen and oxygen atoms in total. The van der Waals surface area contributed by atoms with Crippen LogP contribution in [-0.4, -0.2) is 25.8 Å². The van der Waals surface area contributed by atoms with Gasteiger partial charge in [0.15, 0.2) is 5.69 Å². The molecular formula is C18H12ClN3O2. The molecule has 0 saturated heterocycles. The maximum atomic E-state index is 11.4. The van der Waals surface area contributed by atoms with Crippen LogP contribution in [0.2, 0.25) is 5.02 Å². The fourth-order valence-electron chi connectivity index (χ4n) is 2.83. The number of benzene rings is 2. The van der Waals surface area contributed by atoms with Crippen LogP contribution in [0.3, 0.4) is 0 Å². The molecular weight excluding hydrogens is 326 g/mol. The van der Waals surface area contributed by atoms with Gasteiger partial charge in [0.05, 0.1) is 22.6 Å². The lowest BCUT2D eigenvalue weighted by atomic mass is 10.1. The average molecular weight is 338 g/mol. The van der Waals surface area contributed by atoms with E-state index in [2.05, 4.69) is 10.1 Å². The normalized spacial score (nSPS) is 11.2. The number of para-hydroxylation sites is 1. The third kappa shape index (κ3) is 2.49. The van der Waals surface area contributed by atoms with Crippen molar-refractivity contribution in [3.63, 3.8) is 0 Å². The summed E-state index contributed by atoms with van der Waals surface area (Å²) < 4.78 is 1.71. The molecule has 0 atom stereocenters. The van der Waals surface area contributed by atoms with E-state index in [1.54, 1.807) is 16.9 Å². The summed E-state index contributed by atoms with van der Waals surface area (Å²) in [4.78, 5) is 15.7. The number of hydrogen-bond donors (Lipinski definition) is 1. The molecule has 2 aromatic heterocycles. The molecule has 0 bridgehead atoms. The number of carboxylic acid groups (broad SMARTS) is 1. The van der Waals surface area contributed by atoms with Crippen LogP contribution in [0.25, 0.3) is 21.8 Å². The zero-order valence-electron chi connectivity index (χ0n) is 12.5. The number of aromatic nitrogens is 3. The zero-order valence-corrected chi connectivity index (χ0v) is 13.2. The molecule has 6 heteroatoms. The number of hydrogen-bond acceptors (Lipinski definition) is 3. The van der Waals surface area contributed by atoms with Gasteiger partial charge in [-0.1, -0.05) is 35.9 Å². The van der Waals surface area contributed by atoms with Crippen LogP contribution < -0.4 is 0 Å². The molecule has 24 heavy (non-hydrogen) atoms. The Balaban J connectivity index is 1.80. The molecule has 0 aliphatic carbocycles. The second-order valence-corrected chi connectivity index (χ2v) is 5.95. The predicted octanol–water partition coefficient (Wildman–Crippen LogP) is 3.98. The maximum absolute atomic E-state index is 11.4. The van der Waals surface area contributed by atoms with E-state index in [0.717, 1.165) is 22.0 Å². The summed E-state index contributed by atoms with van der Waals surface area (Å²) >= 11 is 6.00. The fraction of sp³-hybridized carbons (Fsp3) is 0.0556. The highest BCUT2D eigenvalue weighted by molar-refractivity contribution is 6.31. The van der Waals surface area contributed by atoms with Crippen molar-refractivity contribution in [1.82, 2.24) is 14.8 Å². The van der Waals surface area contributed by atoms with E-state index in [1.807, 2.05) is 42.5 Å². The van der Waals surface area contributed by atoms with Gasteiger partial charge in [0, 0.05) is 17.0 Å². The second kappa shape index (κ2) is 5.62. The highest BCUT2D eigenvalue weighted by atomic mass is 35.5. The molecule has 0 aliphatic rings. The summed E-state index contributed by atoms with van der Waals surface area (Å²) in [6, 6.07) is 15.1. The molecule has 4 rings (SSSR count). The molecule has 1 N–H and O–H groups in total. The topological polar surface area (TPSA) is 68.0 Å². The van der Waals surface area contributed by atoms with E-state index in [4.69, 9.17) is 11.6 Å². The van der Waals surface area contributed by atoms with Gasteiger partial charge in [-0.3, -0.25) is 9.67 Å². The van der Waals surface area contributed by atoms with Gasteiger partial charge in [-0.2, -0.15) is 5.10 Å². The molecule has 118 valence electrons. The van der Waals surface area contributed by atoms with E-state index in [1.165, 1.54) is 0 Å². The molecule has 0 amide bonds. The van der Waals surface area contributed by atoms with E-state index >= 15 is 0 Å². The Labute approximate surface area is 142 Å². The van der Waals surface area contributed by atoms with Crippen molar-refractivity contribution >= 4 is 39.4 Å². The minimum atomic E-state index is -1.03. The quantitative estimate of drug-likeness (QED) is 0.614. The van der Waals surface area contributed by atoms with Crippen LogP contribution in [-0.2, 0) is 6.54 Å². The van der Waals surface area contributed by atoms with Crippen LogP contribution in [0.15, 0.2) is 54.7 Å². The molecule has 4 aromatic rings. The average Bonchev–Trinajstić information content (AvgIpc) is 2.94. The molecule has 0 aliphatic heterocycles. The Hall–Kier alpha value is -2.92. The Morgan fingerprint density at radius 2 is 2.00 bits per heavy atom. The highest BCUT2D eigenvalue weighted by Crippen LogP contribution is 2.22. The lowest BCUT2D eigenvalue weighted by Gasteiger charge is -2.06. The van der Waals surface area contributed by atoms with Gasteiger partial charge in [-0.25, -0.2) is 4.79 Å². The van der Waals surface area contributed by atoms with Crippen LogP contribution >= 0.6 is 11.6 Å². The minimum Gasteiger partial charge on any atom is -0.476 e. The summed E-state index contributed by atoms with van der Waals surface area (Å²) in [7, 11) is 0. The monoisotopic (exact) mass is 337 g/mol. The van der Waals surface area contributed by atoms with Gasteiger partial charge in [-0.05, 0) is 29.8 Å². The minimum absolute atomic E-state index is 0.0658. The molecule has 0 unspecified atom stereocenters. The SMILES string of the molecule is O=C(O)c1nn(Cc2ccc3ncc(Cl)cc3c2)c2ccccc12. The summed E-state index contributed by atoms with van der Waals surface area (Å²) in [5, 5.41) is 15.7. The number of fused-ring (bicyclic) bond motifs is 2. The Morgan fingerprint density at radius 3 is 2.83 bits per heavy atom. The lowest BCUT2D eigenvalue weighted by Crippen LogP contribution is -2.04. The number of pyridine rings is 1. The molecule has 0 radical (unpaired) electrons. The molecule has 0 fully saturated rings. The lowest BCUT2D eigenvalue weighted by molar-refractivity contribution is 0.0691. The van der Waals surface area contributed by atoms with Crippen LogP contribution in [0.5, 0.6) is 0 Å². The van der Waals surface area contributed by atoms with Crippen molar-refractivity contribution in [2.75, 3.05) is 0 Å². The number of nitrogens with zero attached hydrogens (tertiary/aromatic N) is 3. The van der Waals surface area contributed by atoms with Gasteiger partial charge in [-0.15, -0.1) is 0 Å².